The molecule has 0 unspecified atom stereocenters. The number of hydrogen-bond acceptors (Lipinski definition) is 21. The van der Waals surface area contributed by atoms with Gasteiger partial charge in [-0.3, -0.25) is 0 Å². The van der Waals surface area contributed by atoms with E-state index < -0.39 is 91.0 Å². The Balaban J connectivity index is 0. The number of nitrogens with one attached hydrogen (secondary N) is 6. The van der Waals surface area contributed by atoms with Gasteiger partial charge in [-0.2, -0.15) is 38.4 Å². The fourth-order valence-electron chi connectivity index (χ4n) is 5.53. The van der Waals surface area contributed by atoms with Crippen LogP contribution in [0, 0.1) is 10.8 Å². The minimum Gasteiger partial charge on any atom is -0.444 e. The molecule has 0 saturated carbocycles. The Morgan fingerprint density at radius 2 is 0.787 bits per heavy atom. The summed E-state index contributed by atoms with van der Waals surface area (Å²) in [5.41, 5.74) is 7.09. The topological polar surface area (TPSA) is 416 Å². The first-order valence-electron chi connectivity index (χ1n) is 25.9. The van der Waals surface area contributed by atoms with Crippen molar-refractivity contribution in [1.29, 1.82) is 0 Å². The third-order valence-corrected chi connectivity index (χ3v) is 12.4. The molecule has 0 aromatic heterocycles. The predicted molar refractivity (Wildman–Crippen MR) is 335 cm³/mol. The standard InChI is InChI=1S/C19H31N3O6S.C11H24N2O2.2C8H8ClNO4S.C7H8O.CClNO3S/c1-18(2,3)15(21-16(23)28-19(4,5)6)12-20-29(25,26)22-17(24)27-13-14-10-8-7-9-11-14;1-10(2,3)8(7-12)13-9(14)15-11(4,5)6;2*9-15(12,13)10-8(11)14-6-7-4-2-1-3-5-7;8-6-7-4-2-1-3-5-7;2-7(5,6)3-1-4/h7-11,15,20H,12-13H2,1-6H3,(H,21,23)(H,22,24);8H,7,12H2,1-6H3,(H,13,14);2*1-5H,6H2,(H,10,11);1-5,8H,6H2;/t15-;8-;;;;/m11..../s1. The Morgan fingerprint density at radius 3 is 1.01 bits per heavy atom. The molecule has 5 amide bonds. The van der Waals surface area contributed by atoms with E-state index >= 15 is 0 Å². The SMILES string of the molecule is CC(C)(C)OC(=O)N[C@H](CN)C(C)(C)C.CC(C)(C)OC(=O)N[C@H](CNS(=O)(=O)NC(=O)OCc1ccccc1)C(C)(C)C.O=C(NS(=O)(=O)Cl)OCc1ccccc1.O=C(NS(=O)(=O)Cl)OCc1ccccc1.O=C=NS(=O)(=O)Cl.OCc1ccccc1. The predicted octanol–water partition coefficient (Wildman–Crippen LogP) is 8.35. The highest BCUT2D eigenvalue weighted by Gasteiger charge is 2.31. The lowest BCUT2D eigenvalue weighted by Crippen LogP contribution is -2.53. The van der Waals surface area contributed by atoms with E-state index in [1.165, 1.54) is 9.44 Å². The summed E-state index contributed by atoms with van der Waals surface area (Å²) in [6.07, 6.45) is -3.62. The van der Waals surface area contributed by atoms with Crippen molar-refractivity contribution in [3.05, 3.63) is 144 Å². The number of hydrogen-bond donors (Lipinski definition) is 8. The second-order valence-corrected chi connectivity index (χ2v) is 30.1. The molecule has 0 heterocycles. The number of aliphatic hydroxyl groups is 1. The zero-order valence-electron chi connectivity index (χ0n) is 50.9. The number of amides is 5. The number of rotatable bonds is 17. The number of isocyanates is 1. The van der Waals surface area contributed by atoms with Crippen LogP contribution in [-0.4, -0.2) is 112 Å². The molecule has 0 radical (unpaired) electrons. The molecule has 4 aromatic rings. The van der Waals surface area contributed by atoms with Crippen molar-refractivity contribution < 1.29 is 91.2 Å². The summed E-state index contributed by atoms with van der Waals surface area (Å²) in [5, 5.41) is 14.0. The summed E-state index contributed by atoms with van der Waals surface area (Å²) < 4.78 is 119. The minimum atomic E-state index is -4.18. The quantitative estimate of drug-likeness (QED) is 0.0213. The van der Waals surface area contributed by atoms with Crippen molar-refractivity contribution >= 4 is 107 Å². The highest BCUT2D eigenvalue weighted by atomic mass is 35.7. The maximum Gasteiger partial charge on any atom is 0.422 e. The van der Waals surface area contributed by atoms with E-state index in [-0.39, 0.29) is 44.4 Å². The molecular weight excluding hydrogens is 1320 g/mol. The molecule has 500 valence electrons. The molecule has 0 saturated heterocycles. The molecule has 0 spiro atoms. The lowest BCUT2D eigenvalue weighted by Gasteiger charge is -2.32. The molecule has 0 fully saturated rings. The van der Waals surface area contributed by atoms with E-state index in [1.54, 1.807) is 98.3 Å². The molecular formula is C54H79Cl3N8O20S4. The molecule has 4 rings (SSSR count). The third-order valence-electron chi connectivity index (χ3n) is 9.62. The van der Waals surface area contributed by atoms with Crippen molar-refractivity contribution in [3.63, 3.8) is 0 Å². The van der Waals surface area contributed by atoms with Crippen molar-refractivity contribution in [1.82, 2.24) is 29.5 Å². The largest absolute Gasteiger partial charge is 0.444 e. The van der Waals surface area contributed by atoms with E-state index in [0.29, 0.717) is 6.54 Å². The van der Waals surface area contributed by atoms with Gasteiger partial charge in [0.1, 0.15) is 31.0 Å². The van der Waals surface area contributed by atoms with Gasteiger partial charge in [0.05, 0.1) is 12.6 Å². The maximum atomic E-state index is 12.1. The van der Waals surface area contributed by atoms with Crippen LogP contribution in [0.3, 0.4) is 0 Å². The molecule has 35 heteroatoms. The average Bonchev–Trinajstić information content (AvgIpc) is 3.58. The van der Waals surface area contributed by atoms with E-state index in [9.17, 15) is 57.6 Å². The highest BCUT2D eigenvalue weighted by Crippen LogP contribution is 2.21. The Bertz CT molecular complexity index is 3190. The normalized spacial score (nSPS) is 12.0. The summed E-state index contributed by atoms with van der Waals surface area (Å²) in [6, 6.07) is 35.4. The van der Waals surface area contributed by atoms with Crippen LogP contribution in [-0.2, 0) is 92.8 Å². The Hall–Kier alpha value is -6.84. The minimum absolute atomic E-state index is 0.0148. The zero-order valence-corrected chi connectivity index (χ0v) is 56.5. The molecule has 28 nitrogen and oxygen atoms in total. The monoisotopic (exact) mass is 1390 g/mol. The van der Waals surface area contributed by atoms with Crippen molar-refractivity contribution in [3.8, 4) is 0 Å². The lowest BCUT2D eigenvalue weighted by molar-refractivity contribution is 0.0456. The van der Waals surface area contributed by atoms with E-state index in [0.717, 1.165) is 28.3 Å². The van der Waals surface area contributed by atoms with Gasteiger partial charge in [0, 0.05) is 51.2 Å². The fourth-order valence-corrected chi connectivity index (χ4v) is 7.33. The van der Waals surface area contributed by atoms with Gasteiger partial charge in [0.2, 0.25) is 0 Å². The van der Waals surface area contributed by atoms with Gasteiger partial charge in [-0.25, -0.2) is 42.9 Å². The van der Waals surface area contributed by atoms with Gasteiger partial charge < -0.3 is 45.2 Å². The lowest BCUT2D eigenvalue weighted by atomic mass is 9.87. The Labute approximate surface area is 534 Å². The van der Waals surface area contributed by atoms with Crippen LogP contribution in [0.15, 0.2) is 126 Å². The van der Waals surface area contributed by atoms with Gasteiger partial charge >= 0.3 is 68.4 Å². The fraction of sp³-hybridized carbons (Fsp3) is 0.444. The van der Waals surface area contributed by atoms with Crippen LogP contribution in [0.4, 0.5) is 24.0 Å². The number of benzene rings is 4. The number of nitrogens with two attached hydrogens (primary N) is 1. The number of nitrogens with zero attached hydrogens (tertiary/aromatic N) is 1. The van der Waals surface area contributed by atoms with Crippen LogP contribution in [0.2, 0.25) is 0 Å². The number of aliphatic hydroxyl groups excluding tert-OH is 1. The summed E-state index contributed by atoms with van der Waals surface area (Å²) >= 11 is 0. The van der Waals surface area contributed by atoms with Crippen molar-refractivity contribution in [2.45, 2.75) is 133 Å². The smallest absolute Gasteiger partial charge is 0.422 e. The summed E-state index contributed by atoms with van der Waals surface area (Å²) in [4.78, 5) is 66.0. The van der Waals surface area contributed by atoms with Crippen LogP contribution in [0.25, 0.3) is 0 Å². The Kier molecular flexibility index (Phi) is 38.5. The molecule has 9 N–H and O–H groups in total. The molecule has 89 heavy (non-hydrogen) atoms. The summed E-state index contributed by atoms with van der Waals surface area (Å²) in [5.74, 6) is 0. The highest BCUT2D eigenvalue weighted by molar-refractivity contribution is 8.13. The second kappa shape index (κ2) is 40.7. The van der Waals surface area contributed by atoms with Crippen molar-refractivity contribution in [2.24, 2.45) is 21.0 Å². The number of carbonyl (C=O) groups excluding carboxylic acids is 6. The zero-order chi connectivity index (χ0) is 68.9. The first kappa shape index (κ1) is 84.2. The van der Waals surface area contributed by atoms with Crippen LogP contribution in [0.5, 0.6) is 0 Å². The third kappa shape index (κ3) is 51.7. The molecule has 0 aliphatic heterocycles. The Morgan fingerprint density at radius 1 is 0.494 bits per heavy atom. The van der Waals surface area contributed by atoms with Gasteiger partial charge in [-0.15, -0.1) is 0 Å². The van der Waals surface area contributed by atoms with Gasteiger partial charge in [0.25, 0.3) is 6.08 Å². The number of halogens is 3. The van der Waals surface area contributed by atoms with Gasteiger partial charge in [-0.1, -0.05) is 167 Å². The number of alkyl carbamates (subject to hydrolysis) is 2. The molecule has 4 aromatic carbocycles. The first-order chi connectivity index (χ1) is 40.7. The van der Waals surface area contributed by atoms with E-state index in [2.05, 4.69) is 39.9 Å². The van der Waals surface area contributed by atoms with Crippen LogP contribution in [0.1, 0.15) is 105 Å². The van der Waals surface area contributed by atoms with Crippen LogP contribution >= 0.6 is 32.0 Å². The molecule has 2 atom stereocenters. The van der Waals surface area contributed by atoms with E-state index in [1.807, 2.05) is 111 Å². The summed E-state index contributed by atoms with van der Waals surface area (Å²) in [7, 11) is -2.42. The van der Waals surface area contributed by atoms with Crippen molar-refractivity contribution in [2.75, 3.05) is 13.1 Å². The molecule has 0 bridgehead atoms. The molecule has 0 aliphatic rings. The van der Waals surface area contributed by atoms with Gasteiger partial charge in [0.15, 0.2) is 0 Å². The van der Waals surface area contributed by atoms with Gasteiger partial charge in [-0.05, 0) is 74.6 Å². The number of carbonyl (C=O) groups is 5. The number of ether oxygens (including phenoxy) is 5. The van der Waals surface area contributed by atoms with Crippen LogP contribution < -0.4 is 35.3 Å². The maximum absolute atomic E-state index is 12.1. The first-order valence-corrected chi connectivity index (χ1v) is 34.3. The van der Waals surface area contributed by atoms with E-state index in [4.69, 9.17) is 51.2 Å². The average molecular weight is 1390 g/mol. The molecule has 0 aliphatic carbocycles. The second-order valence-electron chi connectivity index (χ2n) is 21.8. The summed E-state index contributed by atoms with van der Waals surface area (Å²) in [6.45, 7) is 22.6.